The summed E-state index contributed by atoms with van der Waals surface area (Å²) in [6.07, 6.45) is 3.35. The summed E-state index contributed by atoms with van der Waals surface area (Å²) in [5, 5.41) is 17.7. The fourth-order valence-corrected chi connectivity index (χ4v) is 3.95. The minimum Gasteiger partial charge on any atom is -0.480 e. The number of hydrogen-bond donors (Lipinski definition) is 7. The minimum absolute atomic E-state index is 0.0390. The quantitative estimate of drug-likeness (QED) is 0.168. The van der Waals surface area contributed by atoms with Gasteiger partial charge in [-0.25, -0.2) is 4.79 Å². The van der Waals surface area contributed by atoms with Crippen LogP contribution in [-0.4, -0.2) is 75.9 Å². The molecule has 196 valence electrons. The number of H-pyrrole nitrogens is 1. The monoisotopic (exact) mass is 520 g/mol. The number of thioether (sulfide) groups is 1. The Morgan fingerprint density at radius 1 is 1.03 bits per heavy atom. The molecule has 0 saturated heterocycles. The molecule has 0 spiro atoms. The second-order valence-corrected chi connectivity index (χ2v) is 9.30. The highest BCUT2D eigenvalue weighted by molar-refractivity contribution is 7.98. The second-order valence-electron chi connectivity index (χ2n) is 8.31. The Labute approximate surface area is 212 Å². The topological polar surface area (TPSA) is 209 Å². The number of amides is 4. The van der Waals surface area contributed by atoms with Crippen LogP contribution < -0.4 is 27.4 Å². The number of carboxylic acid groups (broad SMARTS) is 1. The molecule has 4 amide bonds. The van der Waals surface area contributed by atoms with E-state index in [0.29, 0.717) is 17.7 Å². The molecule has 2 aromatic rings. The number of aromatic nitrogens is 1. The fraction of sp³-hybridized carbons (Fsp3) is 0.435. The zero-order chi connectivity index (χ0) is 26.8. The first kappa shape index (κ1) is 28.7. The first-order valence-electron chi connectivity index (χ1n) is 11.2. The molecule has 36 heavy (non-hydrogen) atoms. The van der Waals surface area contributed by atoms with E-state index in [9.17, 15) is 29.1 Å². The molecular formula is C23H32N6O6S. The molecule has 12 nitrogen and oxygen atoms in total. The number of fused-ring (bicyclic) bond motifs is 1. The molecule has 0 bridgehead atoms. The molecule has 1 heterocycles. The molecule has 1 aromatic heterocycles. The highest BCUT2D eigenvalue weighted by Gasteiger charge is 2.30. The van der Waals surface area contributed by atoms with Gasteiger partial charge in [0.25, 0.3) is 0 Å². The zero-order valence-electron chi connectivity index (χ0n) is 20.1. The van der Waals surface area contributed by atoms with Gasteiger partial charge in [0.1, 0.15) is 18.1 Å². The van der Waals surface area contributed by atoms with E-state index in [1.54, 1.807) is 6.20 Å². The van der Waals surface area contributed by atoms with E-state index in [1.807, 2.05) is 30.5 Å². The Kier molecular flexibility index (Phi) is 10.7. The normalized spacial score (nSPS) is 14.3. The molecule has 2 rings (SSSR count). The molecule has 13 heteroatoms. The third kappa shape index (κ3) is 8.27. The molecule has 1 aromatic carbocycles. The summed E-state index contributed by atoms with van der Waals surface area (Å²) in [7, 11) is 0. The van der Waals surface area contributed by atoms with Crippen LogP contribution in [0.4, 0.5) is 0 Å². The minimum atomic E-state index is -1.44. The van der Waals surface area contributed by atoms with E-state index in [4.69, 9.17) is 11.5 Å². The summed E-state index contributed by atoms with van der Waals surface area (Å²) < 4.78 is 0. The van der Waals surface area contributed by atoms with Gasteiger partial charge in [-0.2, -0.15) is 11.8 Å². The number of aliphatic carboxylic acids is 1. The Balaban J connectivity index is 2.07. The molecule has 0 saturated carbocycles. The van der Waals surface area contributed by atoms with E-state index in [1.165, 1.54) is 18.7 Å². The largest absolute Gasteiger partial charge is 0.480 e. The maximum Gasteiger partial charge on any atom is 0.326 e. The van der Waals surface area contributed by atoms with E-state index >= 15 is 0 Å². The number of primary amides is 1. The van der Waals surface area contributed by atoms with Gasteiger partial charge in [-0.1, -0.05) is 18.2 Å². The van der Waals surface area contributed by atoms with E-state index in [0.717, 1.165) is 10.9 Å². The maximum absolute atomic E-state index is 12.9. The first-order valence-corrected chi connectivity index (χ1v) is 12.6. The number of nitrogens with two attached hydrogens (primary N) is 2. The van der Waals surface area contributed by atoms with Gasteiger partial charge in [-0.05, 0) is 37.0 Å². The molecule has 0 fully saturated rings. The summed E-state index contributed by atoms with van der Waals surface area (Å²) in [4.78, 5) is 64.1. The number of carboxylic acids is 1. The number of aromatic amines is 1. The lowest BCUT2D eigenvalue weighted by Gasteiger charge is -2.23. The predicted molar refractivity (Wildman–Crippen MR) is 136 cm³/mol. The van der Waals surface area contributed by atoms with Crippen molar-refractivity contribution in [2.24, 2.45) is 11.5 Å². The van der Waals surface area contributed by atoms with E-state index in [2.05, 4.69) is 20.9 Å². The fourth-order valence-electron chi connectivity index (χ4n) is 3.46. The average molecular weight is 521 g/mol. The van der Waals surface area contributed by atoms with Crippen molar-refractivity contribution >= 4 is 52.3 Å². The second kappa shape index (κ2) is 13.5. The smallest absolute Gasteiger partial charge is 0.326 e. The lowest BCUT2D eigenvalue weighted by Crippen LogP contribution is -2.57. The number of carbonyl (C=O) groups excluding carboxylic acids is 4. The van der Waals surface area contributed by atoms with Crippen molar-refractivity contribution in [3.8, 4) is 0 Å². The Bertz CT molecular complexity index is 1110. The summed E-state index contributed by atoms with van der Waals surface area (Å²) in [6, 6.07) is 2.64. The highest BCUT2D eigenvalue weighted by Crippen LogP contribution is 2.19. The van der Waals surface area contributed by atoms with Gasteiger partial charge in [-0.3, -0.25) is 19.2 Å². The lowest BCUT2D eigenvalue weighted by molar-refractivity contribution is -0.142. The molecule has 0 aliphatic heterocycles. The van der Waals surface area contributed by atoms with E-state index in [-0.39, 0.29) is 6.42 Å². The van der Waals surface area contributed by atoms with Crippen LogP contribution >= 0.6 is 11.8 Å². The molecular weight excluding hydrogens is 488 g/mol. The van der Waals surface area contributed by atoms with Crippen LogP contribution in [-0.2, 0) is 30.4 Å². The summed E-state index contributed by atoms with van der Waals surface area (Å²) in [6.45, 7) is 1.39. The lowest BCUT2D eigenvalue weighted by atomic mass is 10.0. The van der Waals surface area contributed by atoms with Gasteiger partial charge in [-0.15, -0.1) is 0 Å². The van der Waals surface area contributed by atoms with Crippen molar-refractivity contribution in [2.45, 2.75) is 50.4 Å². The van der Waals surface area contributed by atoms with Gasteiger partial charge in [0, 0.05) is 23.5 Å². The first-order chi connectivity index (χ1) is 17.0. The highest BCUT2D eigenvalue weighted by atomic mass is 32.2. The van der Waals surface area contributed by atoms with Gasteiger partial charge < -0.3 is 37.5 Å². The number of rotatable bonds is 14. The number of carbonyl (C=O) groups is 5. The average Bonchev–Trinajstić information content (AvgIpc) is 3.23. The van der Waals surface area contributed by atoms with Gasteiger partial charge in [0.05, 0.1) is 12.5 Å². The molecule has 9 N–H and O–H groups in total. The molecule has 0 radical (unpaired) electrons. The summed E-state index contributed by atoms with van der Waals surface area (Å²) >= 11 is 1.53. The van der Waals surface area contributed by atoms with Crippen molar-refractivity contribution in [2.75, 3.05) is 12.0 Å². The van der Waals surface area contributed by atoms with Crippen molar-refractivity contribution in [3.63, 3.8) is 0 Å². The number of para-hydroxylation sites is 1. The summed E-state index contributed by atoms with van der Waals surface area (Å²) in [5.41, 5.74) is 12.5. The van der Waals surface area contributed by atoms with Crippen LogP contribution in [0.5, 0.6) is 0 Å². The molecule has 0 aliphatic rings. The van der Waals surface area contributed by atoms with Crippen LogP contribution in [0.3, 0.4) is 0 Å². The number of nitrogens with one attached hydrogen (secondary N) is 4. The SMILES string of the molecule is CSCCC(N)C(=O)NC(C)C(=O)NC(CC(N)=O)C(=O)NC(Cc1c[nH]c2ccccc12)C(=O)O. The third-order valence-electron chi connectivity index (χ3n) is 5.47. The van der Waals surface area contributed by atoms with Crippen LogP contribution in [0.1, 0.15) is 25.3 Å². The molecule has 0 aliphatic carbocycles. The maximum atomic E-state index is 12.9. The van der Waals surface area contributed by atoms with Crippen molar-refractivity contribution in [1.29, 1.82) is 0 Å². The standard InChI is InChI=1S/C23H32N6O6S/c1-12(27-21(32)15(24)7-8-36-2)20(31)28-17(10-19(25)30)22(33)29-18(23(34)35)9-13-11-26-16-6-4-3-5-14(13)16/h3-6,11-12,15,17-18,26H,7-10,24H2,1-2H3,(H2,25,30)(H,27,32)(H,28,31)(H,29,33)(H,34,35). The van der Waals surface area contributed by atoms with Crippen molar-refractivity contribution in [1.82, 2.24) is 20.9 Å². The van der Waals surface area contributed by atoms with Gasteiger partial charge in [0.2, 0.25) is 23.6 Å². The third-order valence-corrected chi connectivity index (χ3v) is 6.12. The number of benzene rings is 1. The van der Waals surface area contributed by atoms with Crippen LogP contribution in [0.2, 0.25) is 0 Å². The van der Waals surface area contributed by atoms with Crippen molar-refractivity contribution < 1.29 is 29.1 Å². The van der Waals surface area contributed by atoms with Crippen LogP contribution in [0.25, 0.3) is 10.9 Å². The van der Waals surface area contributed by atoms with Gasteiger partial charge >= 0.3 is 5.97 Å². The predicted octanol–water partition coefficient (Wildman–Crippen LogP) is -0.775. The number of hydrogen-bond acceptors (Lipinski definition) is 7. The molecule has 4 unspecified atom stereocenters. The Morgan fingerprint density at radius 2 is 1.69 bits per heavy atom. The van der Waals surface area contributed by atoms with Crippen molar-refractivity contribution in [3.05, 3.63) is 36.0 Å². The van der Waals surface area contributed by atoms with Crippen LogP contribution in [0.15, 0.2) is 30.5 Å². The van der Waals surface area contributed by atoms with Crippen LogP contribution in [0, 0.1) is 0 Å². The summed E-state index contributed by atoms with van der Waals surface area (Å²) in [5.74, 6) is -3.70. The van der Waals surface area contributed by atoms with Gasteiger partial charge in [0.15, 0.2) is 0 Å². The molecule has 4 atom stereocenters. The van der Waals surface area contributed by atoms with E-state index < -0.39 is 60.2 Å². The Morgan fingerprint density at radius 3 is 2.33 bits per heavy atom. The zero-order valence-corrected chi connectivity index (χ0v) is 20.9. The Hall–Kier alpha value is -3.58.